The molecule has 0 radical (unpaired) electrons. The first-order chi connectivity index (χ1) is 16.0. The fourth-order valence-electron chi connectivity index (χ4n) is 4.15. The van der Waals surface area contributed by atoms with Crippen LogP contribution in [0, 0.1) is 0 Å². The van der Waals surface area contributed by atoms with Gasteiger partial charge in [0.25, 0.3) is 5.91 Å². The van der Waals surface area contributed by atoms with E-state index in [9.17, 15) is 22.8 Å². The van der Waals surface area contributed by atoms with Crippen molar-refractivity contribution in [2.24, 2.45) is 0 Å². The normalized spacial score (nSPS) is 18.7. The van der Waals surface area contributed by atoms with Crippen LogP contribution < -0.4 is 10.2 Å². The van der Waals surface area contributed by atoms with E-state index in [0.717, 1.165) is 12.8 Å². The van der Waals surface area contributed by atoms with Gasteiger partial charge < -0.3 is 10.1 Å². The van der Waals surface area contributed by atoms with Crippen molar-refractivity contribution in [2.75, 3.05) is 23.3 Å². The lowest BCUT2D eigenvalue weighted by Gasteiger charge is -2.42. The second-order valence-corrected chi connectivity index (χ2v) is 10.8. The zero-order valence-corrected chi connectivity index (χ0v) is 20.1. The molecule has 0 aliphatic carbocycles. The van der Waals surface area contributed by atoms with Crippen molar-refractivity contribution >= 4 is 39.2 Å². The van der Waals surface area contributed by atoms with Gasteiger partial charge in [0.2, 0.25) is 15.9 Å². The van der Waals surface area contributed by atoms with Gasteiger partial charge in [0.1, 0.15) is 5.54 Å². The van der Waals surface area contributed by atoms with Gasteiger partial charge in [0, 0.05) is 13.1 Å². The second kappa shape index (κ2) is 8.84. The number of hydrogen-bond acceptors (Lipinski definition) is 6. The predicted molar refractivity (Wildman–Crippen MR) is 126 cm³/mol. The molecular weight excluding hydrogens is 458 g/mol. The maximum Gasteiger partial charge on any atom is 0.338 e. The molecule has 1 fully saturated rings. The van der Waals surface area contributed by atoms with Crippen molar-refractivity contribution < 1.29 is 27.5 Å². The third kappa shape index (κ3) is 4.19. The molecule has 1 N–H and O–H groups in total. The molecule has 1 saturated heterocycles. The molecule has 0 aromatic heterocycles. The Morgan fingerprint density at radius 1 is 1.03 bits per heavy atom. The Morgan fingerprint density at radius 3 is 2.29 bits per heavy atom. The van der Waals surface area contributed by atoms with Crippen molar-refractivity contribution in [3.8, 4) is 0 Å². The van der Waals surface area contributed by atoms with E-state index in [1.165, 1.54) is 40.4 Å². The summed E-state index contributed by atoms with van der Waals surface area (Å²) in [5, 5.41) is 2.78. The summed E-state index contributed by atoms with van der Waals surface area (Å²) in [5.41, 5.74) is -0.0708. The summed E-state index contributed by atoms with van der Waals surface area (Å²) in [5.74, 6) is -1.67. The van der Waals surface area contributed by atoms with E-state index in [-0.39, 0.29) is 16.4 Å². The number of amides is 2. The lowest BCUT2D eigenvalue weighted by molar-refractivity contribution is -0.131. The van der Waals surface area contributed by atoms with Gasteiger partial charge in [-0.3, -0.25) is 14.5 Å². The summed E-state index contributed by atoms with van der Waals surface area (Å²) in [6.45, 7) is 5.64. The number of anilines is 2. The SMILES string of the molecule is C[C@@H](OC(=O)c1ccc(S(=O)(=O)N2CCCC2)cc1)C(=O)N1c2ccccc2NC(=O)C1(C)C. The van der Waals surface area contributed by atoms with E-state index in [0.29, 0.717) is 24.5 Å². The Bertz CT molecular complexity index is 1230. The summed E-state index contributed by atoms with van der Waals surface area (Å²) in [6, 6.07) is 12.4. The Kier molecular flexibility index (Phi) is 6.22. The fraction of sp³-hybridized carbons (Fsp3) is 0.375. The monoisotopic (exact) mass is 485 g/mol. The van der Waals surface area contributed by atoms with E-state index in [1.54, 1.807) is 38.1 Å². The Balaban J connectivity index is 1.50. The number of sulfonamides is 1. The van der Waals surface area contributed by atoms with Crippen molar-refractivity contribution in [1.82, 2.24) is 4.31 Å². The number of carbonyl (C=O) groups is 3. The highest BCUT2D eigenvalue weighted by atomic mass is 32.2. The number of nitrogens with one attached hydrogen (secondary N) is 1. The van der Waals surface area contributed by atoms with Gasteiger partial charge in [-0.2, -0.15) is 4.31 Å². The lowest BCUT2D eigenvalue weighted by atomic mass is 9.95. The van der Waals surface area contributed by atoms with E-state index in [1.807, 2.05) is 0 Å². The molecule has 2 amide bonds. The average Bonchev–Trinajstić information content (AvgIpc) is 3.35. The summed E-state index contributed by atoms with van der Waals surface area (Å²) >= 11 is 0. The number of hydrogen-bond donors (Lipinski definition) is 1. The van der Waals surface area contributed by atoms with Crippen LogP contribution in [-0.4, -0.2) is 55.2 Å². The molecule has 0 bridgehead atoms. The van der Waals surface area contributed by atoms with Crippen LogP contribution in [0.5, 0.6) is 0 Å². The minimum absolute atomic E-state index is 0.104. The van der Waals surface area contributed by atoms with Crippen LogP contribution in [0.4, 0.5) is 11.4 Å². The second-order valence-electron chi connectivity index (χ2n) is 8.89. The molecular formula is C24H27N3O6S. The van der Waals surface area contributed by atoms with E-state index < -0.39 is 33.5 Å². The third-order valence-electron chi connectivity index (χ3n) is 6.15. The maximum atomic E-state index is 13.3. The largest absolute Gasteiger partial charge is 0.449 e. The van der Waals surface area contributed by atoms with Crippen LogP contribution in [-0.2, 0) is 24.3 Å². The molecule has 2 aliphatic heterocycles. The molecule has 0 unspecified atom stereocenters. The van der Waals surface area contributed by atoms with Gasteiger partial charge in [-0.05, 0) is 70.0 Å². The van der Waals surface area contributed by atoms with Crippen molar-refractivity contribution in [3.05, 3.63) is 54.1 Å². The molecule has 2 aliphatic rings. The van der Waals surface area contributed by atoms with Crippen LogP contribution >= 0.6 is 0 Å². The van der Waals surface area contributed by atoms with Gasteiger partial charge in [-0.25, -0.2) is 13.2 Å². The molecule has 34 heavy (non-hydrogen) atoms. The molecule has 4 rings (SSSR count). The van der Waals surface area contributed by atoms with Crippen molar-refractivity contribution in [1.29, 1.82) is 0 Å². The number of carbonyl (C=O) groups excluding carboxylic acids is 3. The number of benzene rings is 2. The summed E-state index contributed by atoms with van der Waals surface area (Å²) in [6.07, 6.45) is 0.476. The predicted octanol–water partition coefficient (Wildman–Crippen LogP) is 2.78. The maximum absolute atomic E-state index is 13.3. The van der Waals surface area contributed by atoms with Gasteiger partial charge in [-0.15, -0.1) is 0 Å². The zero-order chi connectivity index (χ0) is 24.7. The van der Waals surface area contributed by atoms with Crippen LogP contribution in [0.3, 0.4) is 0 Å². The van der Waals surface area contributed by atoms with Crippen LogP contribution in [0.25, 0.3) is 0 Å². The van der Waals surface area contributed by atoms with Crippen molar-refractivity contribution in [3.63, 3.8) is 0 Å². The summed E-state index contributed by atoms with van der Waals surface area (Å²) in [4.78, 5) is 40.0. The lowest BCUT2D eigenvalue weighted by Crippen LogP contribution is -2.60. The summed E-state index contributed by atoms with van der Waals surface area (Å²) in [7, 11) is -3.60. The van der Waals surface area contributed by atoms with Crippen LogP contribution in [0.2, 0.25) is 0 Å². The molecule has 180 valence electrons. The Labute approximate surface area is 198 Å². The Morgan fingerprint density at radius 2 is 1.65 bits per heavy atom. The van der Waals surface area contributed by atoms with Crippen LogP contribution in [0.15, 0.2) is 53.4 Å². The van der Waals surface area contributed by atoms with Crippen LogP contribution in [0.1, 0.15) is 44.0 Å². The summed E-state index contributed by atoms with van der Waals surface area (Å²) < 4.78 is 32.2. The fourth-order valence-corrected chi connectivity index (χ4v) is 5.66. The minimum atomic E-state index is -3.60. The molecule has 0 saturated carbocycles. The first-order valence-electron chi connectivity index (χ1n) is 11.1. The third-order valence-corrected chi connectivity index (χ3v) is 8.07. The van der Waals surface area contributed by atoms with E-state index in [2.05, 4.69) is 5.32 Å². The van der Waals surface area contributed by atoms with Crippen molar-refractivity contribution in [2.45, 2.75) is 50.2 Å². The molecule has 2 aromatic rings. The topological polar surface area (TPSA) is 113 Å². The Hall–Kier alpha value is -3.24. The highest BCUT2D eigenvalue weighted by molar-refractivity contribution is 7.89. The highest BCUT2D eigenvalue weighted by Crippen LogP contribution is 2.37. The minimum Gasteiger partial charge on any atom is -0.449 e. The van der Waals surface area contributed by atoms with Gasteiger partial charge in [0.05, 0.1) is 21.8 Å². The zero-order valence-electron chi connectivity index (χ0n) is 19.3. The molecule has 10 heteroatoms. The molecule has 9 nitrogen and oxygen atoms in total. The number of rotatable bonds is 5. The van der Waals surface area contributed by atoms with Gasteiger partial charge in [0.15, 0.2) is 6.10 Å². The molecule has 1 atom stereocenters. The van der Waals surface area contributed by atoms with Gasteiger partial charge >= 0.3 is 5.97 Å². The smallest absolute Gasteiger partial charge is 0.338 e. The van der Waals surface area contributed by atoms with E-state index in [4.69, 9.17) is 4.74 Å². The number of ether oxygens (including phenoxy) is 1. The first kappa shape index (κ1) is 23.9. The molecule has 0 spiro atoms. The standard InChI is InChI=1S/C24H27N3O6S/c1-16(21(28)27-20-9-5-4-8-19(20)25-23(30)24(27,2)3)33-22(29)17-10-12-18(13-11-17)34(31,32)26-14-6-7-15-26/h4-5,8-13,16H,6-7,14-15H2,1-3H3,(H,25,30)/t16-/m1/s1. The molecule has 2 aromatic carbocycles. The average molecular weight is 486 g/mol. The first-order valence-corrected chi connectivity index (χ1v) is 12.5. The molecule has 2 heterocycles. The van der Waals surface area contributed by atoms with E-state index >= 15 is 0 Å². The number of esters is 1. The number of fused-ring (bicyclic) bond motifs is 1. The number of para-hydroxylation sites is 2. The highest BCUT2D eigenvalue weighted by Gasteiger charge is 2.45. The number of nitrogens with zero attached hydrogens (tertiary/aromatic N) is 2. The quantitative estimate of drug-likeness (QED) is 0.652. The van der Waals surface area contributed by atoms with Gasteiger partial charge in [-0.1, -0.05) is 12.1 Å².